The van der Waals surface area contributed by atoms with Crippen LogP contribution in [0.25, 0.3) is 0 Å². The summed E-state index contributed by atoms with van der Waals surface area (Å²) in [7, 11) is 1.70. The molecule has 0 radical (unpaired) electrons. The number of ether oxygens (including phenoxy) is 1. The molecule has 1 aliphatic rings. The standard InChI is InChI=1S/C11H18N4O2/c1-15-10(9(12)7-14-15)11(16)13-5-4-8-3-2-6-17-8/h7-8H,2-6,12H2,1H3,(H,13,16). The van der Waals surface area contributed by atoms with Crippen LogP contribution < -0.4 is 11.1 Å². The number of carbonyl (C=O) groups is 1. The monoisotopic (exact) mass is 238 g/mol. The zero-order valence-electron chi connectivity index (χ0n) is 9.98. The minimum absolute atomic E-state index is 0.180. The first-order valence-corrected chi connectivity index (χ1v) is 5.85. The Morgan fingerprint density at radius 2 is 2.59 bits per heavy atom. The lowest BCUT2D eigenvalue weighted by Crippen LogP contribution is -2.29. The van der Waals surface area contributed by atoms with E-state index in [1.807, 2.05) is 0 Å². The maximum absolute atomic E-state index is 11.8. The summed E-state index contributed by atoms with van der Waals surface area (Å²) in [5, 5.41) is 6.76. The number of carbonyl (C=O) groups excluding carboxylic acids is 1. The summed E-state index contributed by atoms with van der Waals surface area (Å²) in [6.45, 7) is 1.45. The van der Waals surface area contributed by atoms with E-state index in [0.717, 1.165) is 25.9 Å². The number of aryl methyl sites for hydroxylation is 1. The summed E-state index contributed by atoms with van der Waals surface area (Å²) in [5.41, 5.74) is 6.49. The number of hydrogen-bond donors (Lipinski definition) is 2. The molecule has 6 heteroatoms. The number of anilines is 1. The van der Waals surface area contributed by atoms with Gasteiger partial charge in [-0.2, -0.15) is 5.10 Å². The van der Waals surface area contributed by atoms with E-state index in [9.17, 15) is 4.79 Å². The molecule has 0 aliphatic carbocycles. The van der Waals surface area contributed by atoms with E-state index >= 15 is 0 Å². The maximum atomic E-state index is 11.8. The summed E-state index contributed by atoms with van der Waals surface area (Å²) < 4.78 is 6.96. The zero-order valence-corrected chi connectivity index (χ0v) is 9.98. The number of nitrogens with one attached hydrogen (secondary N) is 1. The van der Waals surface area contributed by atoms with Crippen LogP contribution in [0.5, 0.6) is 0 Å². The van der Waals surface area contributed by atoms with Crippen LogP contribution in [-0.2, 0) is 11.8 Å². The first kappa shape index (κ1) is 11.9. The predicted octanol–water partition coefficient (Wildman–Crippen LogP) is 0.301. The normalized spacial score (nSPS) is 19.5. The number of nitrogens with zero attached hydrogens (tertiary/aromatic N) is 2. The quantitative estimate of drug-likeness (QED) is 0.790. The van der Waals surface area contributed by atoms with Crippen molar-refractivity contribution in [2.24, 2.45) is 7.05 Å². The number of aromatic nitrogens is 2. The number of nitrogen functional groups attached to an aromatic ring is 1. The summed E-state index contributed by atoms with van der Waals surface area (Å²) in [6.07, 6.45) is 4.83. The van der Waals surface area contributed by atoms with Gasteiger partial charge in [-0.15, -0.1) is 0 Å². The van der Waals surface area contributed by atoms with Crippen LogP contribution in [0.2, 0.25) is 0 Å². The highest BCUT2D eigenvalue weighted by atomic mass is 16.5. The lowest BCUT2D eigenvalue weighted by Gasteiger charge is -2.10. The fourth-order valence-corrected chi connectivity index (χ4v) is 2.03. The summed E-state index contributed by atoms with van der Waals surface area (Å²) >= 11 is 0. The molecule has 1 aliphatic heterocycles. The lowest BCUT2D eigenvalue weighted by atomic mass is 10.2. The largest absolute Gasteiger partial charge is 0.396 e. The van der Waals surface area contributed by atoms with Crippen molar-refractivity contribution >= 4 is 11.6 Å². The molecule has 94 valence electrons. The van der Waals surface area contributed by atoms with Crippen molar-refractivity contribution < 1.29 is 9.53 Å². The van der Waals surface area contributed by atoms with Gasteiger partial charge < -0.3 is 15.8 Å². The van der Waals surface area contributed by atoms with Crippen molar-refractivity contribution in [1.82, 2.24) is 15.1 Å². The number of rotatable bonds is 4. The van der Waals surface area contributed by atoms with Gasteiger partial charge in [-0.05, 0) is 19.3 Å². The molecule has 3 N–H and O–H groups in total. The lowest BCUT2D eigenvalue weighted by molar-refractivity contribution is 0.0900. The third-order valence-electron chi connectivity index (χ3n) is 2.96. The van der Waals surface area contributed by atoms with Crippen LogP contribution in [0.15, 0.2) is 6.20 Å². The fraction of sp³-hybridized carbons (Fsp3) is 0.636. The van der Waals surface area contributed by atoms with E-state index < -0.39 is 0 Å². The molecule has 1 aromatic heterocycles. The Hall–Kier alpha value is -1.56. The molecule has 2 rings (SSSR count). The summed E-state index contributed by atoms with van der Waals surface area (Å²) in [5.74, 6) is -0.180. The summed E-state index contributed by atoms with van der Waals surface area (Å²) in [6, 6.07) is 0. The Balaban J connectivity index is 1.81. The Bertz CT molecular complexity index is 377. The maximum Gasteiger partial charge on any atom is 0.271 e. The number of hydrogen-bond acceptors (Lipinski definition) is 4. The van der Waals surface area contributed by atoms with Crippen LogP contribution in [0.3, 0.4) is 0 Å². The molecule has 1 fully saturated rings. The zero-order chi connectivity index (χ0) is 12.3. The Kier molecular flexibility index (Phi) is 3.63. The minimum Gasteiger partial charge on any atom is -0.396 e. The topological polar surface area (TPSA) is 82.2 Å². The van der Waals surface area contributed by atoms with Gasteiger partial charge in [0.2, 0.25) is 0 Å². The van der Waals surface area contributed by atoms with Gasteiger partial charge in [-0.25, -0.2) is 0 Å². The highest BCUT2D eigenvalue weighted by molar-refractivity contribution is 5.97. The van der Waals surface area contributed by atoms with Gasteiger partial charge in [0, 0.05) is 20.2 Å². The molecule has 2 heterocycles. The van der Waals surface area contributed by atoms with Crippen LogP contribution in [-0.4, -0.2) is 34.9 Å². The second-order valence-corrected chi connectivity index (χ2v) is 4.25. The van der Waals surface area contributed by atoms with Crippen LogP contribution >= 0.6 is 0 Å². The van der Waals surface area contributed by atoms with Crippen molar-refractivity contribution in [3.63, 3.8) is 0 Å². The predicted molar refractivity (Wildman–Crippen MR) is 63.5 cm³/mol. The number of amides is 1. The van der Waals surface area contributed by atoms with E-state index in [0.29, 0.717) is 24.0 Å². The Labute approximate surface area is 100 Å². The minimum atomic E-state index is -0.180. The third kappa shape index (κ3) is 2.76. The van der Waals surface area contributed by atoms with Crippen molar-refractivity contribution in [2.75, 3.05) is 18.9 Å². The van der Waals surface area contributed by atoms with Crippen molar-refractivity contribution in [3.8, 4) is 0 Å². The van der Waals surface area contributed by atoms with Gasteiger partial charge in [0.05, 0.1) is 18.0 Å². The molecular weight excluding hydrogens is 220 g/mol. The highest BCUT2D eigenvalue weighted by Crippen LogP contribution is 2.14. The molecule has 0 aromatic carbocycles. The fourth-order valence-electron chi connectivity index (χ4n) is 2.03. The van der Waals surface area contributed by atoms with E-state index in [4.69, 9.17) is 10.5 Å². The Morgan fingerprint density at radius 1 is 1.76 bits per heavy atom. The molecule has 1 amide bonds. The molecule has 0 saturated carbocycles. The average molecular weight is 238 g/mol. The van der Waals surface area contributed by atoms with Gasteiger partial charge in [0.25, 0.3) is 5.91 Å². The van der Waals surface area contributed by atoms with Crippen LogP contribution in [0.1, 0.15) is 29.8 Å². The van der Waals surface area contributed by atoms with Gasteiger partial charge in [0.15, 0.2) is 0 Å². The first-order valence-electron chi connectivity index (χ1n) is 5.85. The highest BCUT2D eigenvalue weighted by Gasteiger charge is 2.17. The van der Waals surface area contributed by atoms with Gasteiger partial charge in [-0.1, -0.05) is 0 Å². The van der Waals surface area contributed by atoms with E-state index in [1.165, 1.54) is 10.9 Å². The smallest absolute Gasteiger partial charge is 0.271 e. The van der Waals surface area contributed by atoms with E-state index in [-0.39, 0.29) is 5.91 Å². The van der Waals surface area contributed by atoms with E-state index in [1.54, 1.807) is 7.05 Å². The molecule has 1 unspecified atom stereocenters. The third-order valence-corrected chi connectivity index (χ3v) is 2.96. The van der Waals surface area contributed by atoms with E-state index in [2.05, 4.69) is 10.4 Å². The van der Waals surface area contributed by atoms with Gasteiger partial charge in [-0.3, -0.25) is 9.48 Å². The van der Waals surface area contributed by atoms with Gasteiger partial charge >= 0.3 is 0 Å². The van der Waals surface area contributed by atoms with Crippen molar-refractivity contribution in [2.45, 2.75) is 25.4 Å². The molecule has 0 bridgehead atoms. The number of nitrogens with two attached hydrogens (primary N) is 1. The molecule has 1 saturated heterocycles. The molecular formula is C11H18N4O2. The van der Waals surface area contributed by atoms with Crippen LogP contribution in [0.4, 0.5) is 5.69 Å². The second-order valence-electron chi connectivity index (χ2n) is 4.25. The first-order chi connectivity index (χ1) is 8.18. The van der Waals surface area contributed by atoms with Crippen molar-refractivity contribution in [1.29, 1.82) is 0 Å². The van der Waals surface area contributed by atoms with Crippen molar-refractivity contribution in [3.05, 3.63) is 11.9 Å². The molecule has 17 heavy (non-hydrogen) atoms. The summed E-state index contributed by atoms with van der Waals surface area (Å²) in [4.78, 5) is 11.8. The van der Waals surface area contributed by atoms with Crippen LogP contribution in [0, 0.1) is 0 Å². The average Bonchev–Trinajstić information content (AvgIpc) is 2.89. The SMILES string of the molecule is Cn1ncc(N)c1C(=O)NCCC1CCCO1. The van der Waals surface area contributed by atoms with Gasteiger partial charge in [0.1, 0.15) is 5.69 Å². The molecule has 1 aromatic rings. The molecule has 6 nitrogen and oxygen atoms in total. The molecule has 0 spiro atoms. The Morgan fingerprint density at radius 3 is 3.18 bits per heavy atom. The second kappa shape index (κ2) is 5.18. The molecule has 1 atom stereocenters.